The number of hydrogen-bond acceptors (Lipinski definition) is 5. The lowest BCUT2D eigenvalue weighted by Crippen LogP contribution is -2.32. The number of hydrogen-bond donors (Lipinski definition) is 1. The molecule has 1 aromatic carbocycles. The van der Waals surface area contributed by atoms with Gasteiger partial charge in [0.15, 0.2) is 5.75 Å². The zero-order chi connectivity index (χ0) is 16.0. The van der Waals surface area contributed by atoms with Crippen LogP contribution in [0, 0.1) is 16.0 Å². The number of carboxylic acid groups (broad SMARTS) is 1. The van der Waals surface area contributed by atoms with E-state index in [9.17, 15) is 14.9 Å². The van der Waals surface area contributed by atoms with Crippen LogP contribution < -0.4 is 9.64 Å². The van der Waals surface area contributed by atoms with Crippen molar-refractivity contribution in [3.63, 3.8) is 0 Å². The average molecular weight is 296 g/mol. The number of rotatable bonds is 8. The second-order valence-corrected chi connectivity index (χ2v) is 5.01. The topological polar surface area (TPSA) is 92.9 Å². The van der Waals surface area contributed by atoms with Crippen LogP contribution in [0.3, 0.4) is 0 Å². The molecule has 7 nitrogen and oxygen atoms in total. The molecule has 0 aromatic heterocycles. The van der Waals surface area contributed by atoms with Gasteiger partial charge in [0.2, 0.25) is 0 Å². The molecule has 21 heavy (non-hydrogen) atoms. The van der Waals surface area contributed by atoms with E-state index in [4.69, 9.17) is 9.84 Å². The molecule has 116 valence electrons. The first-order valence-corrected chi connectivity index (χ1v) is 6.73. The first-order valence-electron chi connectivity index (χ1n) is 6.73. The van der Waals surface area contributed by atoms with Gasteiger partial charge in [0.05, 0.1) is 11.5 Å². The minimum absolute atomic E-state index is 0.125. The van der Waals surface area contributed by atoms with Crippen LogP contribution in [-0.2, 0) is 4.79 Å². The van der Waals surface area contributed by atoms with E-state index in [0.29, 0.717) is 18.8 Å². The molecule has 0 atom stereocenters. The molecule has 0 amide bonds. The first-order chi connectivity index (χ1) is 9.85. The second-order valence-electron chi connectivity index (χ2n) is 5.01. The molecule has 0 spiro atoms. The van der Waals surface area contributed by atoms with E-state index in [0.717, 1.165) is 0 Å². The van der Waals surface area contributed by atoms with E-state index < -0.39 is 10.9 Å². The fourth-order valence-electron chi connectivity index (χ4n) is 1.99. The number of nitro benzene ring substituents is 1. The number of carbonyl (C=O) groups is 1. The number of nitrogens with zero attached hydrogens (tertiary/aromatic N) is 2. The molecule has 1 aromatic rings. The van der Waals surface area contributed by atoms with Crippen LogP contribution in [0.25, 0.3) is 0 Å². The van der Waals surface area contributed by atoms with Crippen molar-refractivity contribution in [3.05, 3.63) is 28.3 Å². The van der Waals surface area contributed by atoms with Gasteiger partial charge in [-0.1, -0.05) is 13.8 Å². The lowest BCUT2D eigenvalue weighted by atomic mass is 10.1. The van der Waals surface area contributed by atoms with Gasteiger partial charge in [-0.3, -0.25) is 14.9 Å². The Morgan fingerprint density at radius 2 is 2.14 bits per heavy atom. The van der Waals surface area contributed by atoms with Crippen LogP contribution >= 0.6 is 0 Å². The van der Waals surface area contributed by atoms with Gasteiger partial charge >= 0.3 is 11.7 Å². The lowest BCUT2D eigenvalue weighted by molar-refractivity contribution is -0.385. The van der Waals surface area contributed by atoms with Gasteiger partial charge in [0.25, 0.3) is 0 Å². The number of nitro groups is 1. The molecule has 0 aliphatic heterocycles. The number of anilines is 1. The fraction of sp³-hybridized carbons (Fsp3) is 0.500. The third-order valence-corrected chi connectivity index (χ3v) is 2.72. The van der Waals surface area contributed by atoms with E-state index in [1.807, 2.05) is 13.8 Å². The fourth-order valence-corrected chi connectivity index (χ4v) is 1.99. The molecule has 7 heteroatoms. The van der Waals surface area contributed by atoms with E-state index in [-0.39, 0.29) is 23.9 Å². The van der Waals surface area contributed by atoms with Crippen molar-refractivity contribution in [1.82, 2.24) is 0 Å². The normalized spacial score (nSPS) is 10.5. The monoisotopic (exact) mass is 296 g/mol. The van der Waals surface area contributed by atoms with Gasteiger partial charge in [-0.05, 0) is 18.9 Å². The number of aliphatic carboxylic acids is 1. The van der Waals surface area contributed by atoms with Crippen molar-refractivity contribution >= 4 is 17.3 Å². The smallest absolute Gasteiger partial charge is 0.323 e. The summed E-state index contributed by atoms with van der Waals surface area (Å²) in [5.41, 5.74) is 0.473. The highest BCUT2D eigenvalue weighted by Crippen LogP contribution is 2.32. The summed E-state index contributed by atoms with van der Waals surface area (Å²) in [6.07, 6.45) is 0. The molecule has 1 rings (SSSR count). The van der Waals surface area contributed by atoms with Crippen LogP contribution in [0.4, 0.5) is 11.4 Å². The Morgan fingerprint density at radius 1 is 1.48 bits per heavy atom. The molecule has 0 bridgehead atoms. The van der Waals surface area contributed by atoms with Crippen molar-refractivity contribution < 1.29 is 19.6 Å². The average Bonchev–Trinajstić information content (AvgIpc) is 2.36. The summed E-state index contributed by atoms with van der Waals surface area (Å²) in [5, 5.41) is 19.9. The molecule has 0 aliphatic carbocycles. The standard InChI is InChI=1S/C14H20N2O5/c1-4-21-13-7-11(5-6-12(13)16(19)20)15(8-10(2)3)9-14(17)18/h5-7,10H,4,8-9H2,1-3H3,(H,17,18). The largest absolute Gasteiger partial charge is 0.487 e. The minimum atomic E-state index is -0.952. The molecule has 0 radical (unpaired) electrons. The lowest BCUT2D eigenvalue weighted by Gasteiger charge is -2.25. The highest BCUT2D eigenvalue weighted by molar-refractivity contribution is 5.74. The van der Waals surface area contributed by atoms with Gasteiger partial charge in [0.1, 0.15) is 6.54 Å². The van der Waals surface area contributed by atoms with Crippen LogP contribution in [-0.4, -0.2) is 35.7 Å². The number of carboxylic acids is 1. The molecule has 0 unspecified atom stereocenters. The summed E-state index contributed by atoms with van der Waals surface area (Å²) in [4.78, 5) is 23.1. The van der Waals surface area contributed by atoms with E-state index in [1.165, 1.54) is 12.1 Å². The number of ether oxygens (including phenoxy) is 1. The zero-order valence-electron chi connectivity index (χ0n) is 12.4. The van der Waals surface area contributed by atoms with Gasteiger partial charge < -0.3 is 14.7 Å². The Balaban J connectivity index is 3.15. The highest BCUT2D eigenvalue weighted by atomic mass is 16.6. The van der Waals surface area contributed by atoms with Gasteiger partial charge in [-0.25, -0.2) is 0 Å². The van der Waals surface area contributed by atoms with Gasteiger partial charge in [-0.15, -0.1) is 0 Å². The van der Waals surface area contributed by atoms with Crippen LogP contribution in [0.2, 0.25) is 0 Å². The Bertz CT molecular complexity index is 516. The van der Waals surface area contributed by atoms with Crippen molar-refractivity contribution in [1.29, 1.82) is 0 Å². The van der Waals surface area contributed by atoms with Crippen molar-refractivity contribution in [2.45, 2.75) is 20.8 Å². The van der Waals surface area contributed by atoms with Crippen molar-refractivity contribution in [2.24, 2.45) is 5.92 Å². The van der Waals surface area contributed by atoms with Crippen LogP contribution in [0.1, 0.15) is 20.8 Å². The summed E-state index contributed by atoms with van der Waals surface area (Å²) in [7, 11) is 0. The molecular formula is C14H20N2O5. The molecule has 0 heterocycles. The second kappa shape index (κ2) is 7.47. The van der Waals surface area contributed by atoms with Gasteiger partial charge in [-0.2, -0.15) is 0 Å². The quantitative estimate of drug-likeness (QED) is 0.585. The predicted octanol–water partition coefficient (Wildman–Crippen LogP) is 2.54. The molecule has 0 fully saturated rings. The minimum Gasteiger partial charge on any atom is -0.487 e. The molecule has 0 saturated carbocycles. The maximum atomic E-state index is 11.0. The van der Waals surface area contributed by atoms with E-state index >= 15 is 0 Å². The highest BCUT2D eigenvalue weighted by Gasteiger charge is 2.19. The zero-order valence-corrected chi connectivity index (χ0v) is 12.4. The van der Waals surface area contributed by atoms with Crippen molar-refractivity contribution in [2.75, 3.05) is 24.6 Å². The van der Waals surface area contributed by atoms with Gasteiger partial charge in [0, 0.05) is 24.4 Å². The Hall–Kier alpha value is -2.31. The molecule has 0 aliphatic rings. The van der Waals surface area contributed by atoms with Crippen LogP contribution in [0.15, 0.2) is 18.2 Å². The third kappa shape index (κ3) is 4.94. The SMILES string of the molecule is CCOc1cc(N(CC(=O)O)CC(C)C)ccc1[N+](=O)[O-]. The molecule has 0 saturated heterocycles. The Morgan fingerprint density at radius 3 is 2.62 bits per heavy atom. The summed E-state index contributed by atoms with van der Waals surface area (Å²) in [6.45, 7) is 6.36. The number of benzene rings is 1. The maximum Gasteiger partial charge on any atom is 0.323 e. The summed E-state index contributed by atoms with van der Waals surface area (Å²) >= 11 is 0. The molecular weight excluding hydrogens is 276 g/mol. The van der Waals surface area contributed by atoms with E-state index in [1.54, 1.807) is 17.9 Å². The maximum absolute atomic E-state index is 11.0. The summed E-state index contributed by atoms with van der Waals surface area (Å²) in [6, 6.07) is 4.41. The first kappa shape index (κ1) is 16.7. The summed E-state index contributed by atoms with van der Waals surface area (Å²) in [5.74, 6) is -0.541. The predicted molar refractivity (Wildman–Crippen MR) is 79.0 cm³/mol. The van der Waals surface area contributed by atoms with Crippen LogP contribution in [0.5, 0.6) is 5.75 Å². The van der Waals surface area contributed by atoms with Crippen molar-refractivity contribution in [3.8, 4) is 5.75 Å². The molecule has 1 N–H and O–H groups in total. The van der Waals surface area contributed by atoms with E-state index in [2.05, 4.69) is 0 Å². The third-order valence-electron chi connectivity index (χ3n) is 2.72. The summed E-state index contributed by atoms with van der Waals surface area (Å²) < 4.78 is 5.28. The Labute approximate surface area is 123 Å². The Kier molecular flexibility index (Phi) is 5.95.